The molecule has 5 rings (SSSR count). The van der Waals surface area contributed by atoms with Crippen molar-refractivity contribution in [1.29, 1.82) is 0 Å². The van der Waals surface area contributed by atoms with Crippen LogP contribution in [-0.2, 0) is 19.7 Å². The summed E-state index contributed by atoms with van der Waals surface area (Å²) in [5.41, 5.74) is -0.919. The molecular formula is C25H18ClN2O5+. The van der Waals surface area contributed by atoms with Gasteiger partial charge in [-0.1, -0.05) is 41.9 Å². The first-order chi connectivity index (χ1) is 15.9. The third-order valence-corrected chi connectivity index (χ3v) is 6.40. The average molecular weight is 462 g/mol. The van der Waals surface area contributed by atoms with Gasteiger partial charge in [0.1, 0.15) is 5.76 Å². The second kappa shape index (κ2) is 7.56. The fourth-order valence-corrected chi connectivity index (χ4v) is 4.97. The van der Waals surface area contributed by atoms with Crippen molar-refractivity contribution in [1.82, 2.24) is 0 Å². The van der Waals surface area contributed by atoms with Gasteiger partial charge in [-0.25, -0.2) is 4.79 Å². The number of rotatable bonds is 4. The molecule has 0 bridgehead atoms. The molecule has 0 unspecified atom stereocenters. The number of aliphatic hydroxyl groups is 1. The monoisotopic (exact) mass is 461 g/mol. The molecule has 1 aliphatic carbocycles. The Bertz CT molecular complexity index is 1370. The van der Waals surface area contributed by atoms with Gasteiger partial charge in [0.15, 0.2) is 23.6 Å². The van der Waals surface area contributed by atoms with Crippen LogP contribution in [0.3, 0.4) is 0 Å². The highest BCUT2D eigenvalue weighted by Crippen LogP contribution is 2.54. The summed E-state index contributed by atoms with van der Waals surface area (Å²) in [5, 5.41) is 14.4. The van der Waals surface area contributed by atoms with Gasteiger partial charge in [0.25, 0.3) is 6.04 Å². The summed E-state index contributed by atoms with van der Waals surface area (Å²) in [4.78, 5) is 40.9. The molecule has 0 fully saturated rings. The average Bonchev–Trinajstić information content (AvgIpc) is 3.25. The Kier molecular flexibility index (Phi) is 4.79. The number of ether oxygens (including phenoxy) is 1. The molecule has 1 aliphatic heterocycles. The molecule has 2 atom stereocenters. The standard InChI is InChI=1S/C25H17ClN2O5/c1-33-23(31)22(28-11-5-2-6-12-28)25(17-13-14(26)9-10-18(17)27-24(25)32)19-20(29)15-7-3-4-8-16(15)21(19)30/h2-13,22H,1H3,(H-,27,29,30,32)/p+1/t22-,25-/m0/s1. The van der Waals surface area contributed by atoms with Crippen LogP contribution in [0.5, 0.6) is 0 Å². The number of amides is 1. The lowest BCUT2D eigenvalue weighted by atomic mass is 9.67. The fraction of sp³-hybridized carbons (Fsp3) is 0.120. The third kappa shape index (κ3) is 2.82. The topological polar surface area (TPSA) is 96.6 Å². The molecule has 0 saturated carbocycles. The molecule has 164 valence electrons. The first-order valence-corrected chi connectivity index (χ1v) is 10.5. The minimum atomic E-state index is -1.94. The van der Waals surface area contributed by atoms with Gasteiger partial charge in [-0.3, -0.25) is 9.59 Å². The van der Waals surface area contributed by atoms with Crippen LogP contribution in [0.4, 0.5) is 5.69 Å². The van der Waals surface area contributed by atoms with Crippen LogP contribution in [-0.4, -0.2) is 29.9 Å². The second-order valence-corrected chi connectivity index (χ2v) is 8.24. The molecule has 0 spiro atoms. The molecule has 0 radical (unpaired) electrons. The van der Waals surface area contributed by atoms with Gasteiger partial charge in [-0.05, 0) is 18.2 Å². The SMILES string of the molecule is COC(=O)[C@H]([n+]1ccccc1)[C@]1(C2=C(O)c3ccccc3C2=O)C(=O)Nc2ccc(Cl)cc21. The van der Waals surface area contributed by atoms with E-state index in [-0.39, 0.29) is 16.9 Å². The zero-order chi connectivity index (χ0) is 23.3. The van der Waals surface area contributed by atoms with Crippen LogP contribution in [0, 0.1) is 0 Å². The summed E-state index contributed by atoms with van der Waals surface area (Å²) in [6.07, 6.45) is 3.20. The van der Waals surface area contributed by atoms with E-state index in [0.29, 0.717) is 21.8 Å². The van der Waals surface area contributed by atoms with E-state index in [2.05, 4.69) is 5.32 Å². The number of nitrogens with one attached hydrogen (secondary N) is 1. The maximum absolute atomic E-state index is 13.9. The van der Waals surface area contributed by atoms with Crippen molar-refractivity contribution in [2.75, 3.05) is 12.4 Å². The van der Waals surface area contributed by atoms with Crippen LogP contribution < -0.4 is 9.88 Å². The lowest BCUT2D eigenvalue weighted by Crippen LogP contribution is -2.59. The molecule has 33 heavy (non-hydrogen) atoms. The fourth-order valence-electron chi connectivity index (χ4n) is 4.80. The minimum absolute atomic E-state index is 0.200. The van der Waals surface area contributed by atoms with Gasteiger partial charge in [-0.2, -0.15) is 4.57 Å². The molecular weight excluding hydrogens is 444 g/mol. The maximum Gasteiger partial charge on any atom is 0.377 e. The summed E-state index contributed by atoms with van der Waals surface area (Å²) in [6.45, 7) is 0. The Hall–Kier alpha value is -3.97. The Balaban J connectivity index is 1.91. The van der Waals surface area contributed by atoms with Crippen molar-refractivity contribution >= 4 is 40.7 Å². The van der Waals surface area contributed by atoms with Gasteiger partial charge in [0, 0.05) is 39.5 Å². The molecule has 2 aliphatic rings. The Morgan fingerprint density at radius 2 is 1.76 bits per heavy atom. The normalized spacial score (nSPS) is 19.7. The molecule has 7 nitrogen and oxygen atoms in total. The predicted molar refractivity (Wildman–Crippen MR) is 120 cm³/mol. The van der Waals surface area contributed by atoms with E-state index < -0.39 is 29.1 Å². The van der Waals surface area contributed by atoms with E-state index >= 15 is 0 Å². The van der Waals surface area contributed by atoms with Crippen LogP contribution >= 0.6 is 11.6 Å². The summed E-state index contributed by atoms with van der Waals surface area (Å²) < 4.78 is 6.61. The molecule has 2 N–H and O–H groups in total. The number of hydrogen-bond acceptors (Lipinski definition) is 5. The van der Waals surface area contributed by atoms with Crippen molar-refractivity contribution in [3.8, 4) is 0 Å². The van der Waals surface area contributed by atoms with Gasteiger partial charge in [0.05, 0.1) is 12.7 Å². The summed E-state index contributed by atoms with van der Waals surface area (Å²) in [5.74, 6) is -2.31. The summed E-state index contributed by atoms with van der Waals surface area (Å²) in [6, 6.07) is 15.0. The van der Waals surface area contributed by atoms with E-state index in [1.807, 2.05) is 0 Å². The van der Waals surface area contributed by atoms with Crippen molar-refractivity contribution in [3.63, 3.8) is 0 Å². The van der Waals surface area contributed by atoms with Crippen molar-refractivity contribution < 1.29 is 28.8 Å². The molecule has 1 amide bonds. The zero-order valence-corrected chi connectivity index (χ0v) is 18.2. The quantitative estimate of drug-likeness (QED) is 0.458. The number of hydrogen-bond donors (Lipinski definition) is 2. The van der Waals surface area contributed by atoms with Crippen LogP contribution in [0.15, 0.2) is 78.6 Å². The zero-order valence-electron chi connectivity index (χ0n) is 17.4. The highest BCUT2D eigenvalue weighted by Gasteiger charge is 2.66. The van der Waals surface area contributed by atoms with Crippen molar-refractivity contribution in [3.05, 3.63) is 100 Å². The first kappa shape index (κ1) is 20.9. The number of halogens is 1. The second-order valence-electron chi connectivity index (χ2n) is 7.80. The van der Waals surface area contributed by atoms with Gasteiger partial charge in [0.2, 0.25) is 5.91 Å². The highest BCUT2D eigenvalue weighted by molar-refractivity contribution is 6.32. The van der Waals surface area contributed by atoms with Crippen molar-refractivity contribution in [2.24, 2.45) is 0 Å². The van der Waals surface area contributed by atoms with Crippen molar-refractivity contribution in [2.45, 2.75) is 11.5 Å². The van der Waals surface area contributed by atoms with Crippen LogP contribution in [0.25, 0.3) is 5.76 Å². The number of pyridine rings is 1. The van der Waals surface area contributed by atoms with Gasteiger partial charge >= 0.3 is 5.97 Å². The Morgan fingerprint density at radius 1 is 1.06 bits per heavy atom. The Labute approximate surface area is 193 Å². The number of Topliss-reactive ketones (excluding diaryl/α,β-unsaturated/α-hetero) is 1. The molecule has 3 aromatic rings. The number of aromatic nitrogens is 1. The molecule has 8 heteroatoms. The number of ketones is 1. The summed E-state index contributed by atoms with van der Waals surface area (Å²) >= 11 is 6.31. The number of esters is 1. The molecule has 1 aromatic heterocycles. The van der Waals surface area contributed by atoms with E-state index in [9.17, 15) is 19.5 Å². The minimum Gasteiger partial charge on any atom is -0.507 e. The predicted octanol–water partition coefficient (Wildman–Crippen LogP) is 3.40. The van der Waals surface area contributed by atoms with Gasteiger partial charge < -0.3 is 15.2 Å². The number of nitrogens with zero attached hydrogens (tertiary/aromatic N) is 1. The van der Waals surface area contributed by atoms with Crippen LogP contribution in [0.1, 0.15) is 27.5 Å². The molecule has 2 heterocycles. The number of carbonyl (C=O) groups excluding carboxylic acids is 3. The summed E-state index contributed by atoms with van der Waals surface area (Å²) in [7, 11) is 1.21. The maximum atomic E-state index is 13.9. The number of anilines is 1. The number of fused-ring (bicyclic) bond motifs is 2. The lowest BCUT2D eigenvalue weighted by Gasteiger charge is -2.31. The van der Waals surface area contributed by atoms with E-state index in [1.165, 1.54) is 17.7 Å². The lowest BCUT2D eigenvalue weighted by molar-refractivity contribution is -0.715. The van der Waals surface area contributed by atoms with E-state index in [1.54, 1.807) is 67.0 Å². The number of benzene rings is 2. The first-order valence-electron chi connectivity index (χ1n) is 10.1. The third-order valence-electron chi connectivity index (χ3n) is 6.17. The number of methoxy groups -OCH3 is 1. The largest absolute Gasteiger partial charge is 0.507 e. The van der Waals surface area contributed by atoms with Crippen LogP contribution in [0.2, 0.25) is 5.02 Å². The molecule has 0 saturated heterocycles. The molecule has 2 aromatic carbocycles. The highest BCUT2D eigenvalue weighted by atomic mass is 35.5. The van der Waals surface area contributed by atoms with E-state index in [4.69, 9.17) is 16.3 Å². The van der Waals surface area contributed by atoms with E-state index in [0.717, 1.165) is 0 Å². The number of aliphatic hydroxyl groups excluding tert-OH is 1. The number of carbonyl (C=O) groups is 3. The van der Waals surface area contributed by atoms with Gasteiger partial charge in [-0.15, -0.1) is 0 Å². The smallest absolute Gasteiger partial charge is 0.377 e. The Morgan fingerprint density at radius 3 is 2.42 bits per heavy atom.